The zero-order chi connectivity index (χ0) is 18.8. The SMILES string of the molecule is O=C(O)CCCCC(=O)Nc1ccc(NC(=O)NCC2CCCO2)cc1. The number of aliphatic carboxylic acids is 1. The van der Waals surface area contributed by atoms with Crippen molar-refractivity contribution in [1.82, 2.24) is 5.32 Å². The predicted octanol–water partition coefficient (Wildman–Crippen LogP) is 2.57. The lowest BCUT2D eigenvalue weighted by Crippen LogP contribution is -2.35. The van der Waals surface area contributed by atoms with Crippen LogP contribution in [0.5, 0.6) is 0 Å². The number of urea groups is 1. The molecule has 0 saturated carbocycles. The molecule has 8 nitrogen and oxygen atoms in total. The molecule has 1 unspecified atom stereocenters. The number of hydrogen-bond acceptors (Lipinski definition) is 4. The van der Waals surface area contributed by atoms with Crippen molar-refractivity contribution in [3.05, 3.63) is 24.3 Å². The summed E-state index contributed by atoms with van der Waals surface area (Å²) in [6.07, 6.45) is 3.44. The highest BCUT2D eigenvalue weighted by molar-refractivity contribution is 5.92. The second-order valence-electron chi connectivity index (χ2n) is 6.20. The molecule has 1 fully saturated rings. The molecule has 3 amide bonds. The lowest BCUT2D eigenvalue weighted by molar-refractivity contribution is -0.137. The van der Waals surface area contributed by atoms with Gasteiger partial charge in [-0.05, 0) is 49.9 Å². The molecule has 1 aromatic rings. The van der Waals surface area contributed by atoms with Gasteiger partial charge in [-0.15, -0.1) is 0 Å². The summed E-state index contributed by atoms with van der Waals surface area (Å²) in [5, 5.41) is 16.8. The minimum Gasteiger partial charge on any atom is -0.481 e. The zero-order valence-corrected chi connectivity index (χ0v) is 14.6. The molecule has 1 aromatic carbocycles. The van der Waals surface area contributed by atoms with Gasteiger partial charge < -0.3 is 25.8 Å². The molecule has 142 valence electrons. The Labute approximate surface area is 152 Å². The first kappa shape index (κ1) is 19.7. The van der Waals surface area contributed by atoms with Crippen LogP contribution in [0.25, 0.3) is 0 Å². The van der Waals surface area contributed by atoms with E-state index in [1.54, 1.807) is 24.3 Å². The molecule has 2 rings (SSSR count). The second kappa shape index (κ2) is 10.4. The first-order chi connectivity index (χ1) is 12.5. The van der Waals surface area contributed by atoms with Crippen LogP contribution >= 0.6 is 0 Å². The van der Waals surface area contributed by atoms with E-state index in [9.17, 15) is 14.4 Å². The fourth-order valence-corrected chi connectivity index (χ4v) is 2.61. The Bertz CT molecular complexity index is 612. The summed E-state index contributed by atoms with van der Waals surface area (Å²) in [6.45, 7) is 1.24. The summed E-state index contributed by atoms with van der Waals surface area (Å²) in [4.78, 5) is 34.0. The van der Waals surface area contributed by atoms with Gasteiger partial charge in [0.05, 0.1) is 6.10 Å². The molecule has 1 heterocycles. The Balaban J connectivity index is 1.67. The predicted molar refractivity (Wildman–Crippen MR) is 97.2 cm³/mol. The van der Waals surface area contributed by atoms with Gasteiger partial charge in [0.15, 0.2) is 0 Å². The Hall–Kier alpha value is -2.61. The van der Waals surface area contributed by atoms with E-state index in [0.717, 1.165) is 19.4 Å². The van der Waals surface area contributed by atoms with Crippen molar-refractivity contribution in [1.29, 1.82) is 0 Å². The number of ether oxygens (including phenoxy) is 1. The average molecular weight is 363 g/mol. The van der Waals surface area contributed by atoms with Crippen LogP contribution in [0.1, 0.15) is 38.5 Å². The van der Waals surface area contributed by atoms with Crippen LogP contribution < -0.4 is 16.0 Å². The van der Waals surface area contributed by atoms with Gasteiger partial charge in [0.1, 0.15) is 0 Å². The molecule has 0 radical (unpaired) electrons. The number of unbranched alkanes of at least 4 members (excludes halogenated alkanes) is 1. The highest BCUT2D eigenvalue weighted by Gasteiger charge is 2.16. The summed E-state index contributed by atoms with van der Waals surface area (Å²) in [7, 11) is 0. The molecule has 1 saturated heterocycles. The number of carboxylic acids is 1. The minimum absolute atomic E-state index is 0.0720. The van der Waals surface area contributed by atoms with Crippen LogP contribution in [0.3, 0.4) is 0 Å². The third-order valence-electron chi connectivity index (χ3n) is 3.99. The van der Waals surface area contributed by atoms with E-state index in [0.29, 0.717) is 30.8 Å². The van der Waals surface area contributed by atoms with E-state index in [2.05, 4.69) is 16.0 Å². The first-order valence-corrected chi connectivity index (χ1v) is 8.81. The van der Waals surface area contributed by atoms with Crippen molar-refractivity contribution < 1.29 is 24.2 Å². The summed E-state index contributed by atoms with van der Waals surface area (Å²) in [6, 6.07) is 6.50. The number of hydrogen-bond donors (Lipinski definition) is 4. The van der Waals surface area contributed by atoms with E-state index >= 15 is 0 Å². The number of anilines is 2. The molecule has 26 heavy (non-hydrogen) atoms. The Kier molecular flexibility index (Phi) is 7.88. The third kappa shape index (κ3) is 7.52. The van der Waals surface area contributed by atoms with E-state index in [1.165, 1.54) is 0 Å². The molecule has 0 bridgehead atoms. The Morgan fingerprint density at radius 2 is 1.69 bits per heavy atom. The fraction of sp³-hybridized carbons (Fsp3) is 0.500. The van der Waals surface area contributed by atoms with Gasteiger partial charge in [-0.2, -0.15) is 0 Å². The van der Waals surface area contributed by atoms with Crippen molar-refractivity contribution in [3.63, 3.8) is 0 Å². The van der Waals surface area contributed by atoms with Gasteiger partial charge in [-0.3, -0.25) is 9.59 Å². The van der Waals surface area contributed by atoms with Gasteiger partial charge in [0, 0.05) is 37.4 Å². The Morgan fingerprint density at radius 3 is 2.31 bits per heavy atom. The molecular formula is C18H25N3O5. The maximum atomic E-state index is 11.8. The summed E-state index contributed by atoms with van der Waals surface area (Å²) in [5.41, 5.74) is 1.24. The van der Waals surface area contributed by atoms with Crippen LogP contribution in [0.4, 0.5) is 16.2 Å². The lowest BCUT2D eigenvalue weighted by atomic mass is 10.2. The van der Waals surface area contributed by atoms with Crippen molar-refractivity contribution >= 4 is 29.3 Å². The quantitative estimate of drug-likeness (QED) is 0.503. The highest BCUT2D eigenvalue weighted by atomic mass is 16.5. The standard InChI is InChI=1S/C18H25N3O5/c22-16(5-1-2-6-17(23)24)20-13-7-9-14(10-8-13)21-18(25)19-12-15-4-3-11-26-15/h7-10,15H,1-6,11-12H2,(H,20,22)(H,23,24)(H2,19,21,25). The third-order valence-corrected chi connectivity index (χ3v) is 3.99. The number of benzene rings is 1. The number of carbonyl (C=O) groups excluding carboxylic acids is 2. The van der Waals surface area contributed by atoms with Crippen molar-refractivity contribution in [2.45, 2.75) is 44.6 Å². The molecular weight excluding hydrogens is 338 g/mol. The maximum absolute atomic E-state index is 11.8. The molecule has 1 aliphatic rings. The van der Waals surface area contributed by atoms with E-state index in [4.69, 9.17) is 9.84 Å². The molecule has 0 spiro atoms. The molecule has 0 aromatic heterocycles. The Morgan fingerprint density at radius 1 is 1.04 bits per heavy atom. The maximum Gasteiger partial charge on any atom is 0.319 e. The van der Waals surface area contributed by atoms with E-state index in [-0.39, 0.29) is 30.9 Å². The lowest BCUT2D eigenvalue weighted by Gasteiger charge is -2.12. The molecule has 8 heteroatoms. The zero-order valence-electron chi connectivity index (χ0n) is 14.6. The smallest absolute Gasteiger partial charge is 0.319 e. The second-order valence-corrected chi connectivity index (χ2v) is 6.20. The summed E-state index contributed by atoms with van der Waals surface area (Å²) < 4.78 is 5.44. The number of rotatable bonds is 9. The molecule has 4 N–H and O–H groups in total. The van der Waals surface area contributed by atoms with Crippen LogP contribution in [-0.2, 0) is 14.3 Å². The van der Waals surface area contributed by atoms with Crippen molar-refractivity contribution in [2.75, 3.05) is 23.8 Å². The van der Waals surface area contributed by atoms with Crippen LogP contribution in [-0.4, -0.2) is 42.3 Å². The number of nitrogens with one attached hydrogen (secondary N) is 3. The fourth-order valence-electron chi connectivity index (χ4n) is 2.61. The van der Waals surface area contributed by atoms with E-state index in [1.807, 2.05) is 0 Å². The normalized spacial score (nSPS) is 16.1. The van der Waals surface area contributed by atoms with Gasteiger partial charge in [0.25, 0.3) is 0 Å². The topological polar surface area (TPSA) is 117 Å². The largest absolute Gasteiger partial charge is 0.481 e. The van der Waals surface area contributed by atoms with E-state index < -0.39 is 5.97 Å². The summed E-state index contributed by atoms with van der Waals surface area (Å²) >= 11 is 0. The first-order valence-electron chi connectivity index (χ1n) is 8.81. The molecule has 0 aliphatic carbocycles. The average Bonchev–Trinajstić information content (AvgIpc) is 3.12. The van der Waals surface area contributed by atoms with Crippen molar-refractivity contribution in [3.8, 4) is 0 Å². The minimum atomic E-state index is -0.853. The molecule has 1 atom stereocenters. The monoisotopic (exact) mass is 363 g/mol. The summed E-state index contributed by atoms with van der Waals surface area (Å²) in [5.74, 6) is -1.02. The van der Waals surface area contributed by atoms with Gasteiger partial charge in [0.2, 0.25) is 5.91 Å². The van der Waals surface area contributed by atoms with Crippen molar-refractivity contribution in [2.24, 2.45) is 0 Å². The van der Waals surface area contributed by atoms with Crippen LogP contribution in [0.2, 0.25) is 0 Å². The van der Waals surface area contributed by atoms with Gasteiger partial charge in [-0.1, -0.05) is 0 Å². The van der Waals surface area contributed by atoms with Gasteiger partial charge in [-0.25, -0.2) is 4.79 Å². The number of carboxylic acid groups (broad SMARTS) is 1. The molecule has 1 aliphatic heterocycles. The van der Waals surface area contributed by atoms with Gasteiger partial charge >= 0.3 is 12.0 Å². The van der Waals surface area contributed by atoms with Crippen LogP contribution in [0.15, 0.2) is 24.3 Å². The number of amides is 3. The van der Waals surface area contributed by atoms with Crippen LogP contribution in [0, 0.1) is 0 Å². The highest BCUT2D eigenvalue weighted by Crippen LogP contribution is 2.15. The number of carbonyl (C=O) groups is 3.